The SMILES string of the molecule is Cc1cc(C(C)NC(=O)c2ccc(Br)c(Cl)c2)c(C)s1. The minimum Gasteiger partial charge on any atom is -0.345 e. The molecule has 1 amide bonds. The average molecular weight is 373 g/mol. The zero-order valence-corrected chi connectivity index (χ0v) is 14.6. The molecule has 0 saturated carbocycles. The molecule has 20 heavy (non-hydrogen) atoms. The van der Waals surface area contributed by atoms with Crippen molar-refractivity contribution < 1.29 is 4.79 Å². The highest BCUT2D eigenvalue weighted by molar-refractivity contribution is 9.10. The maximum absolute atomic E-state index is 12.2. The van der Waals surface area contributed by atoms with Crippen molar-refractivity contribution in [2.24, 2.45) is 0 Å². The molecule has 0 radical (unpaired) electrons. The van der Waals surface area contributed by atoms with Gasteiger partial charge < -0.3 is 5.32 Å². The van der Waals surface area contributed by atoms with Crippen LogP contribution in [0.3, 0.4) is 0 Å². The number of carbonyl (C=O) groups is 1. The van der Waals surface area contributed by atoms with Gasteiger partial charge in [-0.3, -0.25) is 4.79 Å². The first kappa shape index (κ1) is 15.5. The molecule has 1 N–H and O–H groups in total. The molecule has 1 aromatic carbocycles. The van der Waals surface area contributed by atoms with Crippen LogP contribution in [0.2, 0.25) is 5.02 Å². The fraction of sp³-hybridized carbons (Fsp3) is 0.267. The summed E-state index contributed by atoms with van der Waals surface area (Å²) in [5, 5.41) is 3.54. The number of carbonyl (C=O) groups excluding carboxylic acids is 1. The molecular weight excluding hydrogens is 358 g/mol. The lowest BCUT2D eigenvalue weighted by molar-refractivity contribution is 0.0940. The largest absolute Gasteiger partial charge is 0.345 e. The van der Waals surface area contributed by atoms with Crippen LogP contribution < -0.4 is 5.32 Å². The number of nitrogens with one attached hydrogen (secondary N) is 1. The number of amides is 1. The van der Waals surface area contributed by atoms with E-state index in [-0.39, 0.29) is 11.9 Å². The summed E-state index contributed by atoms with van der Waals surface area (Å²) in [4.78, 5) is 14.7. The van der Waals surface area contributed by atoms with Crippen molar-refractivity contribution >= 4 is 44.8 Å². The van der Waals surface area contributed by atoms with Crippen molar-refractivity contribution in [3.8, 4) is 0 Å². The number of hydrogen-bond acceptors (Lipinski definition) is 2. The third-order valence-electron chi connectivity index (χ3n) is 3.08. The Labute approximate surface area is 136 Å². The van der Waals surface area contributed by atoms with E-state index in [9.17, 15) is 4.79 Å². The number of hydrogen-bond donors (Lipinski definition) is 1. The second kappa shape index (κ2) is 6.29. The molecule has 2 nitrogen and oxygen atoms in total. The molecule has 1 heterocycles. The van der Waals surface area contributed by atoms with Crippen LogP contribution in [0.4, 0.5) is 0 Å². The number of benzene rings is 1. The monoisotopic (exact) mass is 371 g/mol. The molecule has 106 valence electrons. The van der Waals surface area contributed by atoms with Gasteiger partial charge >= 0.3 is 0 Å². The van der Waals surface area contributed by atoms with Gasteiger partial charge in [-0.2, -0.15) is 0 Å². The second-order valence-electron chi connectivity index (χ2n) is 4.69. The predicted octanol–water partition coefficient (Wildman–Crippen LogP) is 5.27. The van der Waals surface area contributed by atoms with Crippen LogP contribution >= 0.6 is 38.9 Å². The summed E-state index contributed by atoms with van der Waals surface area (Å²) in [6, 6.07) is 7.31. The Morgan fingerprint density at radius 2 is 2.05 bits per heavy atom. The Kier molecular flexibility index (Phi) is 4.89. The zero-order chi connectivity index (χ0) is 14.9. The van der Waals surface area contributed by atoms with E-state index in [1.165, 1.54) is 15.3 Å². The number of halogens is 2. The minimum atomic E-state index is -0.116. The quantitative estimate of drug-likeness (QED) is 0.781. The fourth-order valence-electron chi connectivity index (χ4n) is 2.08. The first-order valence-electron chi connectivity index (χ1n) is 6.21. The van der Waals surface area contributed by atoms with Gasteiger partial charge in [0.25, 0.3) is 5.91 Å². The van der Waals surface area contributed by atoms with Crippen molar-refractivity contribution in [2.75, 3.05) is 0 Å². The summed E-state index contributed by atoms with van der Waals surface area (Å²) >= 11 is 11.1. The first-order chi connectivity index (χ1) is 9.38. The van der Waals surface area contributed by atoms with Crippen molar-refractivity contribution in [2.45, 2.75) is 26.8 Å². The number of rotatable bonds is 3. The summed E-state index contributed by atoms with van der Waals surface area (Å²) < 4.78 is 0.785. The van der Waals surface area contributed by atoms with Crippen LogP contribution in [-0.4, -0.2) is 5.91 Å². The normalized spacial score (nSPS) is 12.2. The van der Waals surface area contributed by atoms with Gasteiger partial charge in [0.2, 0.25) is 0 Å². The molecule has 5 heteroatoms. The molecule has 0 bridgehead atoms. The molecule has 2 aromatic rings. The second-order valence-corrected chi connectivity index (χ2v) is 7.41. The number of aryl methyl sites for hydroxylation is 2. The van der Waals surface area contributed by atoms with Crippen molar-refractivity contribution in [3.63, 3.8) is 0 Å². The molecule has 2 rings (SSSR count). The van der Waals surface area contributed by atoms with Crippen molar-refractivity contribution in [3.05, 3.63) is 54.6 Å². The Hall–Kier alpha value is -0.840. The molecule has 0 aliphatic heterocycles. The Bertz CT molecular complexity index is 653. The van der Waals surface area contributed by atoms with Gasteiger partial charge in [-0.15, -0.1) is 11.3 Å². The van der Waals surface area contributed by atoms with Gasteiger partial charge in [-0.25, -0.2) is 0 Å². The van der Waals surface area contributed by atoms with E-state index < -0.39 is 0 Å². The van der Waals surface area contributed by atoms with E-state index in [2.05, 4.69) is 41.2 Å². The lowest BCUT2D eigenvalue weighted by atomic mass is 10.1. The van der Waals surface area contributed by atoms with Crippen LogP contribution in [-0.2, 0) is 0 Å². The van der Waals surface area contributed by atoms with Crippen LogP contribution in [0.15, 0.2) is 28.7 Å². The highest BCUT2D eigenvalue weighted by Crippen LogP contribution is 2.27. The van der Waals surface area contributed by atoms with Crippen molar-refractivity contribution in [1.29, 1.82) is 0 Å². The summed E-state index contributed by atoms with van der Waals surface area (Å²) in [6.45, 7) is 6.14. The summed E-state index contributed by atoms with van der Waals surface area (Å²) in [5.74, 6) is -0.116. The van der Waals surface area contributed by atoms with Crippen LogP contribution in [0.1, 0.15) is 38.6 Å². The number of thiophene rings is 1. The lowest BCUT2D eigenvalue weighted by Crippen LogP contribution is -2.26. The third kappa shape index (κ3) is 3.43. The smallest absolute Gasteiger partial charge is 0.251 e. The Morgan fingerprint density at radius 3 is 2.60 bits per heavy atom. The highest BCUT2D eigenvalue weighted by atomic mass is 79.9. The van der Waals surface area contributed by atoms with E-state index in [1.807, 2.05) is 6.92 Å². The van der Waals surface area contributed by atoms with Gasteiger partial charge in [-0.1, -0.05) is 11.6 Å². The Balaban J connectivity index is 2.15. The maximum Gasteiger partial charge on any atom is 0.251 e. The van der Waals surface area contributed by atoms with E-state index in [1.54, 1.807) is 29.5 Å². The zero-order valence-electron chi connectivity index (χ0n) is 11.5. The Morgan fingerprint density at radius 1 is 1.35 bits per heavy atom. The first-order valence-corrected chi connectivity index (χ1v) is 8.20. The molecule has 1 atom stereocenters. The van der Waals surface area contributed by atoms with E-state index in [0.717, 1.165) is 4.47 Å². The van der Waals surface area contributed by atoms with Gasteiger partial charge in [0.1, 0.15) is 0 Å². The summed E-state index contributed by atoms with van der Waals surface area (Å²) in [7, 11) is 0. The molecule has 1 aromatic heterocycles. The lowest BCUT2D eigenvalue weighted by Gasteiger charge is -2.14. The summed E-state index contributed by atoms with van der Waals surface area (Å²) in [5.41, 5.74) is 1.73. The third-order valence-corrected chi connectivity index (χ3v) is 5.29. The molecule has 0 spiro atoms. The molecule has 0 aliphatic rings. The molecule has 0 saturated heterocycles. The highest BCUT2D eigenvalue weighted by Gasteiger charge is 2.15. The van der Waals surface area contributed by atoms with Crippen molar-refractivity contribution in [1.82, 2.24) is 5.32 Å². The maximum atomic E-state index is 12.2. The molecular formula is C15H15BrClNOS. The van der Waals surface area contributed by atoms with Gasteiger partial charge in [-0.05, 0) is 66.5 Å². The van der Waals surface area contributed by atoms with Gasteiger partial charge in [0.15, 0.2) is 0 Å². The standard InChI is InChI=1S/C15H15BrClNOS/c1-8-6-12(10(3)20-8)9(2)18-15(19)11-4-5-13(16)14(17)7-11/h4-7,9H,1-3H3,(H,18,19). The minimum absolute atomic E-state index is 0.0186. The van der Waals surface area contributed by atoms with Gasteiger partial charge in [0, 0.05) is 19.8 Å². The van der Waals surface area contributed by atoms with Crippen LogP contribution in [0.5, 0.6) is 0 Å². The van der Waals surface area contributed by atoms with E-state index in [0.29, 0.717) is 10.6 Å². The summed E-state index contributed by atoms with van der Waals surface area (Å²) in [6.07, 6.45) is 0. The topological polar surface area (TPSA) is 29.1 Å². The van der Waals surface area contributed by atoms with Gasteiger partial charge in [0.05, 0.1) is 11.1 Å². The fourth-order valence-corrected chi connectivity index (χ4v) is 3.53. The predicted molar refractivity (Wildman–Crippen MR) is 88.8 cm³/mol. The molecule has 0 fully saturated rings. The van der Waals surface area contributed by atoms with E-state index >= 15 is 0 Å². The van der Waals surface area contributed by atoms with E-state index in [4.69, 9.17) is 11.6 Å². The van der Waals surface area contributed by atoms with Crippen LogP contribution in [0.25, 0.3) is 0 Å². The average Bonchev–Trinajstić information content (AvgIpc) is 2.71. The van der Waals surface area contributed by atoms with Crippen LogP contribution in [0, 0.1) is 13.8 Å². The molecule has 1 unspecified atom stereocenters. The molecule has 0 aliphatic carbocycles.